The zero-order valence-corrected chi connectivity index (χ0v) is 17.8. The van der Waals surface area contributed by atoms with Crippen molar-refractivity contribution in [3.63, 3.8) is 0 Å². The van der Waals surface area contributed by atoms with E-state index in [0.717, 1.165) is 12.5 Å². The Morgan fingerprint density at radius 3 is 2.53 bits per heavy atom. The number of aliphatic carboxylic acids is 1. The van der Waals surface area contributed by atoms with E-state index in [2.05, 4.69) is 0 Å². The first-order valence-electron chi connectivity index (χ1n) is 9.69. The Kier molecular flexibility index (Phi) is 5.90. The number of aromatic nitrogens is 1. The van der Waals surface area contributed by atoms with Crippen molar-refractivity contribution in [3.8, 4) is 5.75 Å². The SMILES string of the molecule is CCCC[C@@](C)(C(=O)O)c1c(C)n(C(=O)c2cccc(Cl)c2)c2cc(F)c(O)cc12. The highest BCUT2D eigenvalue weighted by Gasteiger charge is 2.40. The number of carboxylic acids is 1. The molecule has 3 aromatic rings. The fourth-order valence-electron chi connectivity index (χ4n) is 4.00. The topological polar surface area (TPSA) is 79.5 Å². The molecule has 3 rings (SSSR count). The molecule has 1 heterocycles. The van der Waals surface area contributed by atoms with Crippen molar-refractivity contribution >= 4 is 34.4 Å². The highest BCUT2D eigenvalue weighted by molar-refractivity contribution is 6.31. The van der Waals surface area contributed by atoms with Crippen LogP contribution >= 0.6 is 11.6 Å². The number of phenolic OH excluding ortho intramolecular Hbond substituents is 1. The maximum atomic E-state index is 14.2. The molecule has 0 saturated carbocycles. The molecule has 30 heavy (non-hydrogen) atoms. The molecule has 0 unspecified atom stereocenters. The van der Waals surface area contributed by atoms with Crippen molar-refractivity contribution in [3.05, 3.63) is 64.1 Å². The first kappa shape index (κ1) is 21.8. The molecular weight excluding hydrogens is 409 g/mol. The summed E-state index contributed by atoms with van der Waals surface area (Å²) in [6, 6.07) is 8.61. The molecule has 2 aromatic carbocycles. The van der Waals surface area contributed by atoms with Gasteiger partial charge in [0.15, 0.2) is 11.6 Å². The lowest BCUT2D eigenvalue weighted by molar-refractivity contribution is -0.143. The summed E-state index contributed by atoms with van der Waals surface area (Å²) in [4.78, 5) is 25.6. The first-order chi connectivity index (χ1) is 14.1. The van der Waals surface area contributed by atoms with Crippen molar-refractivity contribution in [2.24, 2.45) is 0 Å². The molecule has 0 aliphatic heterocycles. The number of hydrogen-bond acceptors (Lipinski definition) is 3. The molecule has 1 atom stereocenters. The summed E-state index contributed by atoms with van der Waals surface area (Å²) >= 11 is 6.02. The van der Waals surface area contributed by atoms with E-state index < -0.39 is 28.9 Å². The summed E-state index contributed by atoms with van der Waals surface area (Å²) in [5, 5.41) is 20.8. The van der Waals surface area contributed by atoms with Gasteiger partial charge in [0.1, 0.15) is 0 Å². The molecule has 0 aliphatic carbocycles. The van der Waals surface area contributed by atoms with Crippen LogP contribution in [0.15, 0.2) is 36.4 Å². The van der Waals surface area contributed by atoms with Crippen LogP contribution in [0, 0.1) is 12.7 Å². The molecule has 0 spiro atoms. The lowest BCUT2D eigenvalue weighted by Crippen LogP contribution is -2.33. The minimum absolute atomic E-state index is 0.201. The smallest absolute Gasteiger partial charge is 0.313 e. The number of fused-ring (bicyclic) bond motifs is 1. The molecule has 0 aliphatic rings. The van der Waals surface area contributed by atoms with Crippen LogP contribution in [0.2, 0.25) is 5.02 Å². The van der Waals surface area contributed by atoms with Crippen LogP contribution in [-0.4, -0.2) is 26.7 Å². The van der Waals surface area contributed by atoms with Gasteiger partial charge in [0.05, 0.1) is 10.9 Å². The Balaban J connectivity index is 2.37. The second-order valence-electron chi connectivity index (χ2n) is 7.67. The average molecular weight is 432 g/mol. The van der Waals surface area contributed by atoms with Crippen molar-refractivity contribution in [1.29, 1.82) is 0 Å². The van der Waals surface area contributed by atoms with Gasteiger partial charge in [-0.2, -0.15) is 0 Å². The number of phenols is 1. The van der Waals surface area contributed by atoms with Crippen molar-refractivity contribution in [1.82, 2.24) is 4.57 Å². The van der Waals surface area contributed by atoms with Gasteiger partial charge in [-0.3, -0.25) is 14.2 Å². The Morgan fingerprint density at radius 2 is 1.93 bits per heavy atom. The molecule has 158 valence electrons. The molecule has 0 amide bonds. The number of unbranched alkanes of at least 4 members (excludes halogenated alkanes) is 1. The fraction of sp³-hybridized carbons (Fsp3) is 0.304. The molecular formula is C23H23ClFNO4. The first-order valence-corrected chi connectivity index (χ1v) is 10.1. The molecule has 5 nitrogen and oxygen atoms in total. The average Bonchev–Trinajstić information content (AvgIpc) is 2.97. The van der Waals surface area contributed by atoms with E-state index in [9.17, 15) is 24.2 Å². The van der Waals surface area contributed by atoms with E-state index in [-0.39, 0.29) is 11.1 Å². The lowest BCUT2D eigenvalue weighted by Gasteiger charge is -2.26. The standard InChI is InChI=1S/C23H23ClFNO4/c1-4-5-9-23(3,22(29)30)20-13(2)26(18-12-17(25)19(27)11-16(18)20)21(28)14-7-6-8-15(24)10-14/h6-8,10-12,27H,4-5,9H2,1-3H3,(H,29,30)/t23-/m1/s1. The normalized spacial score (nSPS) is 13.4. The van der Waals surface area contributed by atoms with Gasteiger partial charge in [0, 0.05) is 27.7 Å². The Hall–Kier alpha value is -2.86. The number of nitrogens with zero attached hydrogens (tertiary/aromatic N) is 1. The third-order valence-electron chi connectivity index (χ3n) is 5.60. The molecule has 7 heteroatoms. The molecule has 0 saturated heterocycles. The van der Waals surface area contributed by atoms with Gasteiger partial charge in [-0.25, -0.2) is 4.39 Å². The van der Waals surface area contributed by atoms with Crippen LogP contribution in [0.5, 0.6) is 5.75 Å². The Bertz CT molecular complexity index is 1150. The van der Waals surface area contributed by atoms with Crippen LogP contribution in [0.25, 0.3) is 10.9 Å². The summed E-state index contributed by atoms with van der Waals surface area (Å²) in [6.45, 7) is 5.20. The number of halogens is 2. The summed E-state index contributed by atoms with van der Waals surface area (Å²) in [5.74, 6) is -2.99. The summed E-state index contributed by atoms with van der Waals surface area (Å²) in [6.07, 6.45) is 1.79. The van der Waals surface area contributed by atoms with E-state index in [1.54, 1.807) is 32.0 Å². The minimum Gasteiger partial charge on any atom is -0.505 e. The zero-order valence-electron chi connectivity index (χ0n) is 17.0. The number of carbonyl (C=O) groups excluding carboxylic acids is 1. The van der Waals surface area contributed by atoms with Crippen LogP contribution in [-0.2, 0) is 10.2 Å². The summed E-state index contributed by atoms with van der Waals surface area (Å²) in [7, 11) is 0. The molecule has 1 aromatic heterocycles. The Labute approximate surface area is 178 Å². The maximum absolute atomic E-state index is 14.2. The number of aromatic hydroxyl groups is 1. The quantitative estimate of drug-likeness (QED) is 0.527. The number of hydrogen-bond donors (Lipinski definition) is 2. The second kappa shape index (κ2) is 8.11. The summed E-state index contributed by atoms with van der Waals surface area (Å²) in [5.41, 5.74) is -0.0485. The number of carboxylic acid groups (broad SMARTS) is 1. The predicted octanol–water partition coefficient (Wildman–Crippen LogP) is 5.67. The second-order valence-corrected chi connectivity index (χ2v) is 8.11. The third-order valence-corrected chi connectivity index (χ3v) is 5.84. The van der Waals surface area contributed by atoms with Crippen LogP contribution < -0.4 is 0 Å². The van der Waals surface area contributed by atoms with Gasteiger partial charge >= 0.3 is 5.97 Å². The van der Waals surface area contributed by atoms with Gasteiger partial charge in [-0.15, -0.1) is 0 Å². The van der Waals surface area contributed by atoms with Gasteiger partial charge in [0.2, 0.25) is 0 Å². The van der Waals surface area contributed by atoms with E-state index in [0.29, 0.717) is 34.5 Å². The van der Waals surface area contributed by atoms with Gasteiger partial charge < -0.3 is 10.2 Å². The predicted molar refractivity (Wildman–Crippen MR) is 114 cm³/mol. The number of carbonyl (C=O) groups is 2. The highest BCUT2D eigenvalue weighted by Crippen LogP contribution is 2.41. The van der Waals surface area contributed by atoms with Crippen molar-refractivity contribution in [2.45, 2.75) is 45.4 Å². The largest absolute Gasteiger partial charge is 0.505 e. The molecule has 2 N–H and O–H groups in total. The maximum Gasteiger partial charge on any atom is 0.313 e. The van der Waals surface area contributed by atoms with E-state index >= 15 is 0 Å². The fourth-order valence-corrected chi connectivity index (χ4v) is 4.19. The number of benzene rings is 2. The van der Waals surface area contributed by atoms with Crippen molar-refractivity contribution in [2.75, 3.05) is 0 Å². The molecule has 0 bridgehead atoms. The minimum atomic E-state index is -1.32. The van der Waals surface area contributed by atoms with E-state index in [1.165, 1.54) is 16.7 Å². The van der Waals surface area contributed by atoms with Crippen LogP contribution in [0.4, 0.5) is 4.39 Å². The Morgan fingerprint density at radius 1 is 1.23 bits per heavy atom. The van der Waals surface area contributed by atoms with Gasteiger partial charge in [-0.05, 0) is 50.1 Å². The van der Waals surface area contributed by atoms with E-state index in [1.807, 2.05) is 6.92 Å². The molecule has 0 radical (unpaired) electrons. The van der Waals surface area contributed by atoms with Crippen LogP contribution in [0.1, 0.15) is 54.7 Å². The zero-order chi connectivity index (χ0) is 22.2. The van der Waals surface area contributed by atoms with Gasteiger partial charge in [0.25, 0.3) is 5.91 Å². The lowest BCUT2D eigenvalue weighted by atomic mass is 9.76. The monoisotopic (exact) mass is 431 g/mol. The third kappa shape index (κ3) is 3.56. The van der Waals surface area contributed by atoms with Crippen LogP contribution in [0.3, 0.4) is 0 Å². The molecule has 0 fully saturated rings. The van der Waals surface area contributed by atoms with Crippen molar-refractivity contribution < 1.29 is 24.2 Å². The van der Waals surface area contributed by atoms with E-state index in [4.69, 9.17) is 11.6 Å². The highest BCUT2D eigenvalue weighted by atomic mass is 35.5. The number of rotatable bonds is 6. The summed E-state index contributed by atoms with van der Waals surface area (Å²) < 4.78 is 15.5. The van der Waals surface area contributed by atoms with Gasteiger partial charge in [-0.1, -0.05) is 37.4 Å².